The van der Waals surface area contributed by atoms with Crippen molar-refractivity contribution in [2.24, 2.45) is 0 Å². The molecule has 0 aliphatic carbocycles. The van der Waals surface area contributed by atoms with Gasteiger partial charge in [0.15, 0.2) is 0 Å². The van der Waals surface area contributed by atoms with Crippen molar-refractivity contribution in [2.75, 3.05) is 6.61 Å². The first-order valence-corrected chi connectivity index (χ1v) is 7.91. The van der Waals surface area contributed by atoms with Gasteiger partial charge < -0.3 is 9.47 Å². The van der Waals surface area contributed by atoms with Crippen molar-refractivity contribution in [1.82, 2.24) is 0 Å². The molecule has 3 heteroatoms. The summed E-state index contributed by atoms with van der Waals surface area (Å²) in [5, 5.41) is 0. The van der Waals surface area contributed by atoms with Crippen molar-refractivity contribution >= 4 is 5.97 Å². The van der Waals surface area contributed by atoms with Crippen LogP contribution in [-0.2, 0) is 4.74 Å². The molecule has 0 aliphatic heterocycles. The van der Waals surface area contributed by atoms with Gasteiger partial charge in [0.05, 0.1) is 12.2 Å². The van der Waals surface area contributed by atoms with Crippen molar-refractivity contribution in [2.45, 2.75) is 33.3 Å². The van der Waals surface area contributed by atoms with Gasteiger partial charge in [-0.15, -0.1) is 6.42 Å². The lowest BCUT2D eigenvalue weighted by atomic mass is 10.0. The van der Waals surface area contributed by atoms with Gasteiger partial charge in [-0.25, -0.2) is 4.79 Å². The Morgan fingerprint density at radius 1 is 1.12 bits per heavy atom. The molecule has 0 fully saturated rings. The summed E-state index contributed by atoms with van der Waals surface area (Å²) in [5.41, 5.74) is 2.67. The number of ether oxygens (including phenoxy) is 2. The van der Waals surface area contributed by atoms with Crippen LogP contribution in [0.1, 0.15) is 43.6 Å². The van der Waals surface area contributed by atoms with Crippen LogP contribution in [0.4, 0.5) is 0 Å². The minimum atomic E-state index is -0.511. The predicted molar refractivity (Wildman–Crippen MR) is 96.2 cm³/mol. The Morgan fingerprint density at radius 2 is 1.79 bits per heavy atom. The molecule has 0 amide bonds. The molecule has 0 heterocycles. The van der Waals surface area contributed by atoms with Crippen LogP contribution in [0.3, 0.4) is 0 Å². The second kappa shape index (κ2) is 7.23. The van der Waals surface area contributed by atoms with Crippen molar-refractivity contribution in [3.63, 3.8) is 0 Å². The van der Waals surface area contributed by atoms with Gasteiger partial charge >= 0.3 is 5.97 Å². The molecule has 24 heavy (non-hydrogen) atoms. The fraction of sp³-hybridized carbons (Fsp3) is 0.286. The number of benzene rings is 2. The van der Waals surface area contributed by atoms with E-state index >= 15 is 0 Å². The minimum Gasteiger partial charge on any atom is -0.493 e. The number of hydrogen-bond acceptors (Lipinski definition) is 3. The average molecular weight is 322 g/mol. The van der Waals surface area contributed by atoms with Crippen LogP contribution >= 0.6 is 0 Å². The fourth-order valence-electron chi connectivity index (χ4n) is 2.25. The van der Waals surface area contributed by atoms with Crippen LogP contribution < -0.4 is 4.74 Å². The molecule has 2 aromatic rings. The van der Waals surface area contributed by atoms with Gasteiger partial charge in [0, 0.05) is 11.1 Å². The maximum Gasteiger partial charge on any atom is 0.338 e. The first kappa shape index (κ1) is 17.6. The van der Waals surface area contributed by atoms with E-state index in [4.69, 9.17) is 15.9 Å². The quantitative estimate of drug-likeness (QED) is 0.605. The Bertz CT molecular complexity index is 759. The number of esters is 1. The number of rotatable bonds is 4. The number of hydrogen-bond donors (Lipinski definition) is 0. The summed E-state index contributed by atoms with van der Waals surface area (Å²) in [6.07, 6.45) is 5.45. The second-order valence-electron chi connectivity index (χ2n) is 6.37. The highest BCUT2D eigenvalue weighted by molar-refractivity contribution is 5.90. The van der Waals surface area contributed by atoms with Gasteiger partial charge in [0.1, 0.15) is 11.4 Å². The van der Waals surface area contributed by atoms with Crippen LogP contribution in [-0.4, -0.2) is 18.2 Å². The van der Waals surface area contributed by atoms with E-state index in [1.165, 1.54) is 0 Å². The Balaban J connectivity index is 2.31. The third-order valence-corrected chi connectivity index (χ3v) is 3.28. The van der Waals surface area contributed by atoms with Crippen LogP contribution in [0.5, 0.6) is 5.75 Å². The Kier molecular flexibility index (Phi) is 5.31. The Labute approximate surface area is 143 Å². The molecular formula is C21H22O3. The highest BCUT2D eigenvalue weighted by Gasteiger charge is 2.18. The van der Waals surface area contributed by atoms with Crippen LogP contribution in [0.2, 0.25) is 0 Å². The first-order chi connectivity index (χ1) is 11.3. The van der Waals surface area contributed by atoms with E-state index in [0.29, 0.717) is 12.2 Å². The van der Waals surface area contributed by atoms with E-state index < -0.39 is 5.60 Å². The lowest BCUT2D eigenvalue weighted by Gasteiger charge is -2.19. The van der Waals surface area contributed by atoms with E-state index in [9.17, 15) is 4.79 Å². The highest BCUT2D eigenvalue weighted by Crippen LogP contribution is 2.31. The fourth-order valence-corrected chi connectivity index (χ4v) is 2.25. The number of carbonyl (C=O) groups is 1. The molecule has 0 spiro atoms. The predicted octanol–water partition coefficient (Wildman–Crippen LogP) is 4.69. The van der Waals surface area contributed by atoms with Crippen LogP contribution in [0, 0.1) is 12.3 Å². The summed E-state index contributed by atoms with van der Waals surface area (Å²) in [6.45, 7) is 8.02. The molecule has 0 aromatic heterocycles. The zero-order chi connectivity index (χ0) is 17.7. The van der Waals surface area contributed by atoms with Crippen molar-refractivity contribution in [3.05, 3.63) is 53.6 Å². The third-order valence-electron chi connectivity index (χ3n) is 3.28. The summed E-state index contributed by atoms with van der Waals surface area (Å²) in [6, 6.07) is 12.9. The molecule has 0 N–H and O–H groups in total. The van der Waals surface area contributed by atoms with Gasteiger partial charge in [-0.05, 0) is 63.6 Å². The molecule has 0 atom stereocenters. The molecule has 0 saturated heterocycles. The van der Waals surface area contributed by atoms with Crippen molar-refractivity contribution < 1.29 is 14.3 Å². The SMILES string of the molecule is C#Cc1ccc(-c2ccc(C(=O)OC(C)(C)C)cc2)c(OCC)c1. The molecule has 0 saturated carbocycles. The standard InChI is InChI=1S/C21H22O3/c1-6-15-8-13-18(19(14-15)23-7-2)16-9-11-17(12-10-16)20(22)24-21(3,4)5/h1,8-14H,7H2,2-5H3. The molecule has 0 unspecified atom stereocenters. The first-order valence-electron chi connectivity index (χ1n) is 7.91. The number of terminal acetylenes is 1. The van der Waals surface area contributed by atoms with E-state index in [0.717, 1.165) is 22.4 Å². The molecule has 2 rings (SSSR count). The van der Waals surface area contributed by atoms with Gasteiger partial charge in [0.2, 0.25) is 0 Å². The summed E-state index contributed by atoms with van der Waals surface area (Å²) >= 11 is 0. The maximum absolute atomic E-state index is 12.1. The summed E-state index contributed by atoms with van der Waals surface area (Å²) < 4.78 is 11.1. The van der Waals surface area contributed by atoms with E-state index in [1.54, 1.807) is 12.1 Å². The van der Waals surface area contributed by atoms with Crippen LogP contribution in [0.15, 0.2) is 42.5 Å². The molecule has 3 nitrogen and oxygen atoms in total. The van der Waals surface area contributed by atoms with E-state index in [1.807, 2.05) is 58.0 Å². The minimum absolute atomic E-state index is 0.332. The largest absolute Gasteiger partial charge is 0.493 e. The maximum atomic E-state index is 12.1. The normalized spacial score (nSPS) is 10.8. The topological polar surface area (TPSA) is 35.5 Å². The van der Waals surface area contributed by atoms with Gasteiger partial charge in [-0.1, -0.05) is 18.1 Å². The van der Waals surface area contributed by atoms with Gasteiger partial charge in [0.25, 0.3) is 0 Å². The highest BCUT2D eigenvalue weighted by atomic mass is 16.6. The zero-order valence-electron chi connectivity index (χ0n) is 14.6. The summed E-state index contributed by atoms with van der Waals surface area (Å²) in [7, 11) is 0. The second-order valence-corrected chi connectivity index (χ2v) is 6.37. The molecule has 0 aliphatic rings. The van der Waals surface area contributed by atoms with Crippen LogP contribution in [0.25, 0.3) is 11.1 Å². The molecule has 2 aromatic carbocycles. The smallest absolute Gasteiger partial charge is 0.338 e. The zero-order valence-corrected chi connectivity index (χ0v) is 14.6. The Morgan fingerprint density at radius 3 is 2.33 bits per heavy atom. The Hall–Kier alpha value is -2.73. The number of carbonyl (C=O) groups excluding carboxylic acids is 1. The van der Waals surface area contributed by atoms with Gasteiger partial charge in [-0.2, -0.15) is 0 Å². The monoisotopic (exact) mass is 322 g/mol. The molecule has 124 valence electrons. The summed E-state index contributed by atoms with van der Waals surface area (Å²) in [5.74, 6) is 3.01. The van der Waals surface area contributed by atoms with E-state index in [2.05, 4.69) is 5.92 Å². The van der Waals surface area contributed by atoms with Crippen molar-refractivity contribution in [1.29, 1.82) is 0 Å². The molecule has 0 radical (unpaired) electrons. The third kappa shape index (κ3) is 4.39. The molecule has 0 bridgehead atoms. The average Bonchev–Trinajstić information content (AvgIpc) is 2.53. The lowest BCUT2D eigenvalue weighted by molar-refractivity contribution is 0.00696. The summed E-state index contributed by atoms with van der Waals surface area (Å²) in [4.78, 5) is 12.1. The lowest BCUT2D eigenvalue weighted by Crippen LogP contribution is -2.23. The molecular weight excluding hydrogens is 300 g/mol. The van der Waals surface area contributed by atoms with E-state index in [-0.39, 0.29) is 5.97 Å². The van der Waals surface area contributed by atoms with Gasteiger partial charge in [-0.3, -0.25) is 0 Å². The van der Waals surface area contributed by atoms with Crippen molar-refractivity contribution in [3.8, 4) is 29.2 Å².